The number of anilines is 1. The van der Waals surface area contributed by atoms with Gasteiger partial charge in [-0.2, -0.15) is 0 Å². The van der Waals surface area contributed by atoms with Crippen molar-refractivity contribution >= 4 is 34.4 Å². The molecule has 9 heteroatoms. The summed E-state index contributed by atoms with van der Waals surface area (Å²) in [4.78, 5) is 54.6. The highest BCUT2D eigenvalue weighted by atomic mass is 16.4. The van der Waals surface area contributed by atoms with Crippen molar-refractivity contribution < 1.29 is 19.5 Å². The molecule has 3 N–H and O–H groups in total. The summed E-state index contributed by atoms with van der Waals surface area (Å²) in [6, 6.07) is 14.1. The molecular formula is C28H30N4O5. The number of aromatic nitrogens is 2. The van der Waals surface area contributed by atoms with Gasteiger partial charge in [-0.15, -0.1) is 0 Å². The Kier molecular flexibility index (Phi) is 6.54. The van der Waals surface area contributed by atoms with E-state index in [1.807, 2.05) is 42.5 Å². The zero-order chi connectivity index (χ0) is 26.2. The average Bonchev–Trinajstić information content (AvgIpc) is 2.89. The van der Waals surface area contributed by atoms with E-state index in [0.29, 0.717) is 41.8 Å². The van der Waals surface area contributed by atoms with E-state index in [2.05, 4.69) is 15.6 Å². The lowest BCUT2D eigenvalue weighted by atomic mass is 9.66. The molecular weight excluding hydrogens is 472 g/mol. The van der Waals surface area contributed by atoms with E-state index in [4.69, 9.17) is 0 Å². The molecule has 1 saturated heterocycles. The normalized spacial score (nSPS) is 24.0. The van der Waals surface area contributed by atoms with Crippen LogP contribution in [0, 0.1) is 12.8 Å². The minimum absolute atomic E-state index is 0.169. The summed E-state index contributed by atoms with van der Waals surface area (Å²) in [7, 11) is 0. The van der Waals surface area contributed by atoms with Crippen molar-refractivity contribution in [2.24, 2.45) is 5.92 Å². The predicted octanol–water partition coefficient (Wildman–Crippen LogP) is 3.31. The summed E-state index contributed by atoms with van der Waals surface area (Å²) in [5.74, 6) is -0.940. The SMILES string of the molecule is Cc1nc2cccc(NCC3CCC(C(=O)O)(c4ccccc4)CC3)c2c(=O)n1C1CCC(=O)NC1=O. The number of imide groups is 1. The second kappa shape index (κ2) is 9.80. The standard InChI is InChI=1S/C28H30N4O5/c1-17-30-21-9-5-8-20(24(21)26(35)32(17)22-10-11-23(33)31-25(22)34)29-16-18-12-14-28(15-13-18,27(36)37)19-6-3-2-4-7-19/h2-9,18,22,29H,10-16H2,1H3,(H,36,37)(H,31,33,34). The Balaban J connectivity index is 1.37. The van der Waals surface area contributed by atoms with Crippen LogP contribution < -0.4 is 16.2 Å². The Morgan fingerprint density at radius 1 is 1.08 bits per heavy atom. The number of carboxylic acids is 1. The number of piperidine rings is 1. The molecule has 0 radical (unpaired) electrons. The largest absolute Gasteiger partial charge is 0.481 e. The average molecular weight is 503 g/mol. The van der Waals surface area contributed by atoms with Gasteiger partial charge in [0.05, 0.1) is 16.3 Å². The number of rotatable bonds is 6. The van der Waals surface area contributed by atoms with Gasteiger partial charge >= 0.3 is 5.97 Å². The van der Waals surface area contributed by atoms with Crippen molar-refractivity contribution in [2.75, 3.05) is 11.9 Å². The van der Waals surface area contributed by atoms with Crippen LogP contribution in [0.4, 0.5) is 5.69 Å². The Morgan fingerprint density at radius 3 is 2.49 bits per heavy atom. The van der Waals surface area contributed by atoms with E-state index >= 15 is 0 Å². The van der Waals surface area contributed by atoms with Gasteiger partial charge in [-0.1, -0.05) is 36.4 Å². The first-order chi connectivity index (χ1) is 17.8. The zero-order valence-corrected chi connectivity index (χ0v) is 20.7. The third kappa shape index (κ3) is 4.50. The number of amides is 2. The topological polar surface area (TPSA) is 130 Å². The molecule has 2 aromatic carbocycles. The summed E-state index contributed by atoms with van der Waals surface area (Å²) in [6.07, 6.45) is 3.02. The number of hydrogen-bond donors (Lipinski definition) is 3. The Labute approximate surface area is 213 Å². The number of hydrogen-bond acceptors (Lipinski definition) is 6. The number of aliphatic carboxylic acids is 1. The quantitative estimate of drug-likeness (QED) is 0.441. The first kappa shape index (κ1) is 24.7. The predicted molar refractivity (Wildman–Crippen MR) is 138 cm³/mol. The molecule has 5 rings (SSSR count). The molecule has 0 bridgehead atoms. The number of nitrogens with zero attached hydrogens (tertiary/aromatic N) is 2. The lowest BCUT2D eigenvalue weighted by Gasteiger charge is -2.37. The molecule has 1 saturated carbocycles. The van der Waals surface area contributed by atoms with Crippen LogP contribution in [0.25, 0.3) is 10.9 Å². The Morgan fingerprint density at radius 2 is 1.81 bits per heavy atom. The molecule has 2 amide bonds. The van der Waals surface area contributed by atoms with Crippen LogP contribution in [0.3, 0.4) is 0 Å². The van der Waals surface area contributed by atoms with Gasteiger partial charge < -0.3 is 10.4 Å². The first-order valence-electron chi connectivity index (χ1n) is 12.7. The number of carbonyl (C=O) groups excluding carboxylic acids is 2. The molecule has 192 valence electrons. The van der Waals surface area contributed by atoms with Crippen molar-refractivity contribution in [1.29, 1.82) is 0 Å². The molecule has 9 nitrogen and oxygen atoms in total. The molecule has 1 aliphatic carbocycles. The minimum Gasteiger partial charge on any atom is -0.481 e. The fourth-order valence-corrected chi connectivity index (χ4v) is 5.81. The Hall–Kier alpha value is -4.01. The van der Waals surface area contributed by atoms with E-state index in [1.54, 1.807) is 13.0 Å². The van der Waals surface area contributed by atoms with E-state index in [0.717, 1.165) is 18.4 Å². The first-order valence-corrected chi connectivity index (χ1v) is 12.7. The summed E-state index contributed by atoms with van der Waals surface area (Å²) < 4.78 is 1.39. The van der Waals surface area contributed by atoms with Gasteiger partial charge in [0.25, 0.3) is 5.56 Å². The molecule has 0 spiro atoms. The van der Waals surface area contributed by atoms with Crippen LogP contribution in [0.1, 0.15) is 56.0 Å². The van der Waals surface area contributed by atoms with Gasteiger partial charge in [-0.25, -0.2) is 4.98 Å². The highest BCUT2D eigenvalue weighted by Gasteiger charge is 2.43. The number of aryl methyl sites for hydroxylation is 1. The maximum atomic E-state index is 13.6. The smallest absolute Gasteiger partial charge is 0.314 e. The van der Waals surface area contributed by atoms with E-state index in [9.17, 15) is 24.3 Å². The van der Waals surface area contributed by atoms with Gasteiger partial charge in [0, 0.05) is 18.7 Å². The van der Waals surface area contributed by atoms with Gasteiger partial charge in [0.2, 0.25) is 11.8 Å². The molecule has 1 unspecified atom stereocenters. The van der Waals surface area contributed by atoms with E-state index in [1.165, 1.54) is 4.57 Å². The van der Waals surface area contributed by atoms with Crippen LogP contribution >= 0.6 is 0 Å². The van der Waals surface area contributed by atoms with Gasteiger partial charge in [-0.05, 0) is 62.6 Å². The molecule has 37 heavy (non-hydrogen) atoms. The van der Waals surface area contributed by atoms with Gasteiger partial charge in [-0.3, -0.25) is 29.1 Å². The summed E-state index contributed by atoms with van der Waals surface area (Å²) >= 11 is 0. The lowest BCUT2D eigenvalue weighted by molar-refractivity contribution is -0.145. The number of carboxylic acid groups (broad SMARTS) is 1. The highest BCUT2D eigenvalue weighted by Crippen LogP contribution is 2.42. The monoisotopic (exact) mass is 502 g/mol. The molecule has 3 aromatic rings. The highest BCUT2D eigenvalue weighted by molar-refractivity contribution is 5.99. The zero-order valence-electron chi connectivity index (χ0n) is 20.7. The Bertz CT molecular complexity index is 1420. The number of carbonyl (C=O) groups is 3. The van der Waals surface area contributed by atoms with Crippen LogP contribution in [0.15, 0.2) is 53.3 Å². The fourth-order valence-electron chi connectivity index (χ4n) is 5.81. The molecule has 1 aliphatic heterocycles. The maximum Gasteiger partial charge on any atom is 0.314 e. The fraction of sp³-hybridized carbons (Fsp3) is 0.393. The third-order valence-corrected chi connectivity index (χ3v) is 7.90. The maximum absolute atomic E-state index is 13.6. The van der Waals surface area contributed by atoms with E-state index < -0.39 is 23.3 Å². The van der Waals surface area contributed by atoms with Gasteiger partial charge in [0.1, 0.15) is 11.9 Å². The summed E-state index contributed by atoms with van der Waals surface area (Å²) in [5, 5.41) is 16.2. The second-order valence-electron chi connectivity index (χ2n) is 10.1. The lowest BCUT2D eigenvalue weighted by Crippen LogP contribution is -2.45. The van der Waals surface area contributed by atoms with Crippen LogP contribution in [0.2, 0.25) is 0 Å². The summed E-state index contributed by atoms with van der Waals surface area (Å²) in [5.41, 5.74) is 0.827. The van der Waals surface area contributed by atoms with Crippen LogP contribution in [-0.2, 0) is 19.8 Å². The van der Waals surface area contributed by atoms with Crippen molar-refractivity contribution in [2.45, 2.75) is 56.9 Å². The van der Waals surface area contributed by atoms with Crippen molar-refractivity contribution in [3.05, 3.63) is 70.3 Å². The second-order valence-corrected chi connectivity index (χ2v) is 10.1. The molecule has 2 aliphatic rings. The molecule has 2 heterocycles. The van der Waals surface area contributed by atoms with E-state index in [-0.39, 0.29) is 30.2 Å². The van der Waals surface area contributed by atoms with Crippen molar-refractivity contribution in [3.63, 3.8) is 0 Å². The van der Waals surface area contributed by atoms with Crippen LogP contribution in [-0.4, -0.2) is 39.0 Å². The number of benzene rings is 2. The summed E-state index contributed by atoms with van der Waals surface area (Å²) in [6.45, 7) is 2.28. The van der Waals surface area contributed by atoms with Crippen molar-refractivity contribution in [1.82, 2.24) is 14.9 Å². The van der Waals surface area contributed by atoms with Crippen LogP contribution in [0.5, 0.6) is 0 Å². The van der Waals surface area contributed by atoms with Crippen molar-refractivity contribution in [3.8, 4) is 0 Å². The molecule has 2 fully saturated rings. The minimum atomic E-state index is -0.867. The number of nitrogens with one attached hydrogen (secondary N) is 2. The third-order valence-electron chi connectivity index (χ3n) is 7.90. The molecule has 1 atom stereocenters. The van der Waals surface area contributed by atoms with Gasteiger partial charge in [0.15, 0.2) is 0 Å². The number of fused-ring (bicyclic) bond motifs is 1. The molecule has 1 aromatic heterocycles.